The number of rotatable bonds is 3. The van der Waals surface area contributed by atoms with Gasteiger partial charge in [0.2, 0.25) is 0 Å². The van der Waals surface area contributed by atoms with Crippen LogP contribution in [0.3, 0.4) is 0 Å². The molecular weight excluding hydrogens is 410 g/mol. The predicted octanol–water partition coefficient (Wildman–Crippen LogP) is 2.84. The summed E-state index contributed by atoms with van der Waals surface area (Å²) in [6, 6.07) is 3.78. The molecule has 1 aromatic rings. The van der Waals surface area contributed by atoms with Gasteiger partial charge >= 0.3 is 164 Å². The van der Waals surface area contributed by atoms with Gasteiger partial charge in [0.1, 0.15) is 0 Å². The molecule has 0 saturated carbocycles. The van der Waals surface area contributed by atoms with E-state index in [0.717, 1.165) is 11.0 Å². The summed E-state index contributed by atoms with van der Waals surface area (Å²) in [5, 5.41) is 8.97. The van der Waals surface area contributed by atoms with E-state index in [1.54, 1.807) is 13.8 Å². The maximum atomic E-state index is 13.4. The number of nitriles is 1. The van der Waals surface area contributed by atoms with E-state index < -0.39 is 40.5 Å². The molecule has 0 aromatic heterocycles. The Morgan fingerprint density at radius 1 is 1.40 bits per heavy atom. The Morgan fingerprint density at radius 3 is 2.48 bits per heavy atom. The molecule has 4 nitrogen and oxygen atoms in total. The molecule has 1 heterocycles. The van der Waals surface area contributed by atoms with Crippen molar-refractivity contribution in [3.05, 3.63) is 35.9 Å². The average molecular weight is 424 g/mol. The van der Waals surface area contributed by atoms with Crippen LogP contribution in [0.4, 0.5) is 18.9 Å². The molecule has 1 aliphatic heterocycles. The van der Waals surface area contributed by atoms with Gasteiger partial charge in [0.05, 0.1) is 0 Å². The second-order valence-electron chi connectivity index (χ2n) is 6.31. The van der Waals surface area contributed by atoms with Crippen molar-refractivity contribution in [2.45, 2.75) is 26.4 Å². The normalized spacial score (nSPS) is 19.8. The fraction of sp³-hybridized carbons (Fsp3) is 0.353. The van der Waals surface area contributed by atoms with Crippen LogP contribution in [-0.4, -0.2) is 11.8 Å². The van der Waals surface area contributed by atoms with Crippen LogP contribution < -0.4 is 7.27 Å². The molecule has 1 aromatic carbocycles. The number of hydrogen-bond acceptors (Lipinski definition) is 3. The van der Waals surface area contributed by atoms with Gasteiger partial charge in [-0.25, -0.2) is 0 Å². The van der Waals surface area contributed by atoms with Crippen molar-refractivity contribution in [2.24, 2.45) is 11.3 Å². The number of benzene rings is 1. The first-order valence-electron chi connectivity index (χ1n) is 7.37. The molecule has 0 bridgehead atoms. The Balaban J connectivity index is 2.68. The molecule has 1 aliphatic rings. The van der Waals surface area contributed by atoms with Crippen LogP contribution in [-0.2, 0) is 46.7 Å². The van der Waals surface area contributed by atoms with Gasteiger partial charge in [0, 0.05) is 0 Å². The number of carbonyl (C=O) groups excluding carboxylic acids is 2. The molecule has 0 radical (unpaired) electrons. The second-order valence-corrected chi connectivity index (χ2v) is 7.73. The zero-order valence-corrected chi connectivity index (χ0v) is 16.5. The third-order valence-electron chi connectivity index (χ3n) is 4.41. The summed E-state index contributed by atoms with van der Waals surface area (Å²) in [7, 11) is 0. The molecule has 0 aliphatic carbocycles. The number of carbonyl (C=O) groups is 2. The number of alkyl halides is 3. The fourth-order valence-electron chi connectivity index (χ4n) is 2.99. The molecule has 0 spiro atoms. The Hall–Kier alpha value is -1.52. The van der Waals surface area contributed by atoms with E-state index in [4.69, 9.17) is 5.26 Å². The van der Waals surface area contributed by atoms with E-state index in [0.29, 0.717) is 0 Å². The van der Waals surface area contributed by atoms with Crippen molar-refractivity contribution in [2.75, 3.05) is 4.90 Å². The molecule has 1 fully saturated rings. The second kappa shape index (κ2) is 6.66. The van der Waals surface area contributed by atoms with Crippen LogP contribution >= 0.6 is 0 Å². The van der Waals surface area contributed by atoms with Gasteiger partial charge < -0.3 is 0 Å². The number of allylic oxidation sites excluding steroid dienone is 1. The van der Waals surface area contributed by atoms with Crippen LogP contribution in [0.2, 0.25) is 0 Å². The van der Waals surface area contributed by atoms with Crippen LogP contribution in [0.25, 0.3) is 0 Å². The molecule has 128 valence electrons. The molecule has 2 amide bonds. The summed E-state index contributed by atoms with van der Waals surface area (Å²) in [6.07, 6.45) is -2.97. The van der Waals surface area contributed by atoms with Crippen molar-refractivity contribution in [1.82, 2.24) is 0 Å². The summed E-state index contributed by atoms with van der Waals surface area (Å²) < 4.78 is 39.9. The molecule has 1 saturated heterocycles. The van der Waals surface area contributed by atoms with Crippen molar-refractivity contribution < 1.29 is 53.7 Å². The Labute approximate surface area is 163 Å². The van der Waals surface area contributed by atoms with Gasteiger partial charge in [0.15, 0.2) is 0 Å². The van der Waals surface area contributed by atoms with Crippen molar-refractivity contribution in [3.8, 4) is 6.07 Å². The molecule has 0 N–H and O–H groups in total. The van der Waals surface area contributed by atoms with Crippen LogP contribution in [0.5, 0.6) is 0 Å². The van der Waals surface area contributed by atoms with Crippen LogP contribution in [0.1, 0.15) is 31.4 Å². The predicted molar refractivity (Wildman–Crippen MR) is 80.4 cm³/mol. The third kappa shape index (κ3) is 3.18. The van der Waals surface area contributed by atoms with Crippen LogP contribution in [0.15, 0.2) is 24.8 Å². The van der Waals surface area contributed by atoms with E-state index in [1.165, 1.54) is 18.2 Å². The number of amides is 2. The zero-order valence-electron chi connectivity index (χ0n) is 13.6. The van der Waals surface area contributed by atoms with Gasteiger partial charge in [-0.1, -0.05) is 0 Å². The topological polar surface area (TPSA) is 61.2 Å². The van der Waals surface area contributed by atoms with Crippen molar-refractivity contribution in [1.29, 1.82) is 5.26 Å². The summed E-state index contributed by atoms with van der Waals surface area (Å²) >= 11 is 0.000345. The summed E-state index contributed by atoms with van der Waals surface area (Å²) in [4.78, 5) is 26.3. The Morgan fingerprint density at radius 2 is 2.00 bits per heavy atom. The number of nitrogens with zero attached hydrogens (tertiary/aromatic N) is 2. The summed E-state index contributed by atoms with van der Waals surface area (Å²) in [6.45, 7) is 6.77. The maximum absolute atomic E-state index is 13.4. The van der Waals surface area contributed by atoms with Gasteiger partial charge in [-0.05, 0) is 0 Å². The SMILES string of the molecule is C=CCC1C(=O)N(c2ccc(C#N)c(C(F)(F)F)[c]2[Y])C(=O)C1(C)C. The first kappa shape index (κ1) is 19.8. The summed E-state index contributed by atoms with van der Waals surface area (Å²) in [5.41, 5.74) is -2.70. The van der Waals surface area contributed by atoms with E-state index >= 15 is 0 Å². The van der Waals surface area contributed by atoms with Gasteiger partial charge in [-0.3, -0.25) is 0 Å². The molecule has 25 heavy (non-hydrogen) atoms. The van der Waals surface area contributed by atoms with E-state index in [-0.39, 0.29) is 45.4 Å². The van der Waals surface area contributed by atoms with E-state index in [1.807, 2.05) is 0 Å². The fourth-order valence-corrected chi connectivity index (χ4v) is 4.33. The first-order chi connectivity index (χ1) is 11.5. The number of halogens is 3. The van der Waals surface area contributed by atoms with Crippen molar-refractivity contribution in [3.63, 3.8) is 0 Å². The minimum absolute atomic E-state index is 0.000345. The quantitative estimate of drug-likeness (QED) is 0.554. The van der Waals surface area contributed by atoms with Gasteiger partial charge in [-0.2, -0.15) is 0 Å². The minimum atomic E-state index is -4.74. The molecule has 1 unspecified atom stereocenters. The van der Waals surface area contributed by atoms with E-state index in [2.05, 4.69) is 6.58 Å². The van der Waals surface area contributed by atoms with Crippen LogP contribution in [0, 0.1) is 22.7 Å². The number of hydrogen-bond donors (Lipinski definition) is 0. The molecule has 8 heteroatoms. The van der Waals surface area contributed by atoms with Gasteiger partial charge in [0.25, 0.3) is 0 Å². The van der Waals surface area contributed by atoms with E-state index in [9.17, 15) is 22.8 Å². The Bertz CT molecular complexity index is 809. The van der Waals surface area contributed by atoms with Gasteiger partial charge in [-0.15, -0.1) is 0 Å². The number of anilines is 1. The summed E-state index contributed by atoms with van der Waals surface area (Å²) in [5.74, 6) is -1.76. The molecular formula is C17H14F3N2O2Y. The monoisotopic (exact) mass is 424 g/mol. The van der Waals surface area contributed by atoms with Crippen molar-refractivity contribution >= 4 is 19.9 Å². The molecule has 2 rings (SSSR count). The zero-order chi connectivity index (χ0) is 19.2. The molecule has 1 atom stereocenters. The first-order valence-corrected chi connectivity index (χ1v) is 8.79. The average Bonchev–Trinajstić information content (AvgIpc) is 2.67. The standard InChI is InChI=1S/C17H14F3N2O2.Y/c1-4-5-12-14(23)22(15(24)16(12,2)3)11-7-6-10(9-21)13(8-11)17(18,19)20;/h4,6-7,12H,1,5H2,2-3H3;. The Kier molecular flexibility index (Phi) is 5.27. The third-order valence-corrected chi connectivity index (χ3v) is 5.85. The number of imide groups is 1.